The second-order valence-electron chi connectivity index (χ2n) is 3.96. The van der Waals surface area contributed by atoms with Gasteiger partial charge in [0.2, 0.25) is 0 Å². The number of hydrogen-bond donors (Lipinski definition) is 0. The maximum absolute atomic E-state index is 11.1. The molecule has 1 unspecified atom stereocenters. The molecule has 0 heterocycles. The minimum atomic E-state index is -0.496. The van der Waals surface area contributed by atoms with E-state index < -0.39 is 9.87 Å². The van der Waals surface area contributed by atoms with Crippen LogP contribution in [0.2, 0.25) is 0 Å². The minimum Gasteiger partial charge on any atom is -0.258 e. The van der Waals surface area contributed by atoms with Gasteiger partial charge in [-0.15, -0.1) is 0 Å². The zero-order chi connectivity index (χ0) is 14.5. The van der Waals surface area contributed by atoms with Crippen LogP contribution in [0.1, 0.15) is 10.5 Å². The molecule has 100 valence electrons. The number of nitrogens with zero attached hydrogens (tertiary/aromatic N) is 3. The van der Waals surface area contributed by atoms with Gasteiger partial charge in [0.05, 0.1) is 4.92 Å². The highest BCUT2D eigenvalue weighted by Crippen LogP contribution is 2.36. The molecule has 0 aromatic heterocycles. The fraction of sp³-hybridized carbons (Fsp3) is 0.0714. The second-order valence-corrected chi connectivity index (χ2v) is 4.83. The first kappa shape index (κ1) is 14.0. The Morgan fingerprint density at radius 2 is 1.75 bits per heavy atom. The van der Waals surface area contributed by atoms with E-state index in [0.717, 1.165) is 5.56 Å². The van der Waals surface area contributed by atoms with Gasteiger partial charge in [0, 0.05) is 6.07 Å². The number of halogens is 1. The molecule has 0 saturated carbocycles. The fourth-order valence-corrected chi connectivity index (χ4v) is 2.43. The first-order chi connectivity index (χ1) is 9.65. The molecule has 0 saturated heterocycles. The van der Waals surface area contributed by atoms with E-state index in [1.807, 2.05) is 36.5 Å². The molecule has 0 aliphatic heterocycles. The molecular formula is C14H10BrN3O2. The summed E-state index contributed by atoms with van der Waals surface area (Å²) < 4.78 is 0. The maximum Gasteiger partial charge on any atom is 0.293 e. The van der Waals surface area contributed by atoms with Gasteiger partial charge in [-0.2, -0.15) is 5.26 Å². The molecule has 0 amide bonds. The van der Waals surface area contributed by atoms with Crippen molar-refractivity contribution in [2.75, 3.05) is 4.90 Å². The van der Waals surface area contributed by atoms with Crippen LogP contribution in [0.25, 0.3) is 0 Å². The number of rotatable bonds is 4. The Labute approximate surface area is 124 Å². The van der Waals surface area contributed by atoms with Gasteiger partial charge in [-0.1, -0.05) is 58.4 Å². The third kappa shape index (κ3) is 2.78. The van der Waals surface area contributed by atoms with Crippen LogP contribution in [-0.2, 0) is 0 Å². The Morgan fingerprint density at radius 1 is 1.15 bits per heavy atom. The highest BCUT2D eigenvalue weighted by atomic mass is 79.9. The monoisotopic (exact) mass is 331 g/mol. The molecule has 6 heteroatoms. The van der Waals surface area contributed by atoms with Crippen LogP contribution >= 0.6 is 15.9 Å². The number of benzene rings is 2. The second kappa shape index (κ2) is 6.17. The van der Waals surface area contributed by atoms with Crippen molar-refractivity contribution in [2.24, 2.45) is 0 Å². The third-order valence-electron chi connectivity index (χ3n) is 2.75. The highest BCUT2D eigenvalue weighted by molar-refractivity contribution is 9.09. The summed E-state index contributed by atoms with van der Waals surface area (Å²) in [6.45, 7) is 0. The van der Waals surface area contributed by atoms with E-state index in [4.69, 9.17) is 0 Å². The van der Waals surface area contributed by atoms with Gasteiger partial charge in [-0.25, -0.2) is 0 Å². The first-order valence-corrected chi connectivity index (χ1v) is 6.68. The zero-order valence-electron chi connectivity index (χ0n) is 10.3. The lowest BCUT2D eigenvalue weighted by Gasteiger charge is -2.21. The van der Waals surface area contributed by atoms with Crippen LogP contribution in [0.3, 0.4) is 0 Å². The summed E-state index contributed by atoms with van der Waals surface area (Å²) in [7, 11) is 0. The Morgan fingerprint density at radius 3 is 2.35 bits per heavy atom. The van der Waals surface area contributed by atoms with E-state index in [1.165, 1.54) is 11.0 Å². The van der Waals surface area contributed by atoms with Gasteiger partial charge in [0.1, 0.15) is 10.6 Å². The predicted molar refractivity (Wildman–Crippen MR) is 79.3 cm³/mol. The topological polar surface area (TPSA) is 70.2 Å². The standard InChI is InChI=1S/C14H10BrN3O2/c15-14(11-6-2-1-3-7-11)17(10-16)12-8-4-5-9-13(12)18(19)20/h1-9,14H. The van der Waals surface area contributed by atoms with Gasteiger partial charge in [0.25, 0.3) is 5.69 Å². The molecule has 0 spiro atoms. The number of anilines is 1. The Bertz CT molecular complexity index is 655. The van der Waals surface area contributed by atoms with Crippen LogP contribution < -0.4 is 4.90 Å². The number of nitro groups is 1. The number of hydrogen-bond acceptors (Lipinski definition) is 4. The zero-order valence-corrected chi connectivity index (χ0v) is 11.9. The summed E-state index contributed by atoms with van der Waals surface area (Å²) in [4.78, 5) is 11.4. The average molecular weight is 332 g/mol. The summed E-state index contributed by atoms with van der Waals surface area (Å²) >= 11 is 3.41. The molecule has 20 heavy (non-hydrogen) atoms. The molecule has 0 radical (unpaired) electrons. The lowest BCUT2D eigenvalue weighted by atomic mass is 10.2. The summed E-state index contributed by atoms with van der Waals surface area (Å²) in [5.74, 6) is 0. The van der Waals surface area contributed by atoms with Crippen LogP contribution in [0.15, 0.2) is 54.6 Å². The molecular weight excluding hydrogens is 322 g/mol. The molecule has 2 rings (SSSR count). The van der Waals surface area contributed by atoms with Crippen molar-refractivity contribution < 1.29 is 4.92 Å². The van der Waals surface area contributed by atoms with E-state index in [1.54, 1.807) is 18.2 Å². The quantitative estimate of drug-likeness (QED) is 0.212. The Balaban J connectivity index is 2.44. The van der Waals surface area contributed by atoms with E-state index in [9.17, 15) is 15.4 Å². The van der Waals surface area contributed by atoms with E-state index in [-0.39, 0.29) is 11.4 Å². The molecule has 1 atom stereocenters. The summed E-state index contributed by atoms with van der Waals surface area (Å²) in [5.41, 5.74) is 0.993. The van der Waals surface area contributed by atoms with Gasteiger partial charge in [-0.05, 0) is 11.6 Å². The molecule has 2 aromatic carbocycles. The molecule has 0 bridgehead atoms. The van der Waals surface area contributed by atoms with Gasteiger partial charge in [0.15, 0.2) is 6.19 Å². The summed E-state index contributed by atoms with van der Waals surface area (Å²) in [6, 6.07) is 15.4. The van der Waals surface area contributed by atoms with Crippen molar-refractivity contribution >= 4 is 27.3 Å². The molecule has 5 nitrogen and oxygen atoms in total. The fourth-order valence-electron chi connectivity index (χ4n) is 1.81. The average Bonchev–Trinajstić information content (AvgIpc) is 2.49. The van der Waals surface area contributed by atoms with Crippen molar-refractivity contribution in [3.8, 4) is 6.19 Å². The molecule has 0 N–H and O–H groups in total. The number of nitriles is 1. The molecule has 0 fully saturated rings. The normalized spacial score (nSPS) is 11.4. The molecule has 2 aromatic rings. The summed E-state index contributed by atoms with van der Waals surface area (Å²) in [5, 5.41) is 20.4. The first-order valence-electron chi connectivity index (χ1n) is 5.76. The van der Waals surface area contributed by atoms with E-state index >= 15 is 0 Å². The summed E-state index contributed by atoms with van der Waals surface area (Å²) in [6.07, 6.45) is 1.99. The van der Waals surface area contributed by atoms with Crippen LogP contribution in [0.4, 0.5) is 11.4 Å². The largest absolute Gasteiger partial charge is 0.293 e. The Hall–Kier alpha value is -2.39. The maximum atomic E-state index is 11.1. The Kier molecular flexibility index (Phi) is 4.33. The molecule has 0 aliphatic carbocycles. The van der Waals surface area contributed by atoms with Crippen molar-refractivity contribution in [1.29, 1.82) is 5.26 Å². The van der Waals surface area contributed by atoms with Crippen LogP contribution in [-0.4, -0.2) is 4.92 Å². The smallest absolute Gasteiger partial charge is 0.258 e. The van der Waals surface area contributed by atoms with Gasteiger partial charge < -0.3 is 0 Å². The predicted octanol–water partition coefficient (Wildman–Crippen LogP) is 3.98. The van der Waals surface area contributed by atoms with E-state index in [2.05, 4.69) is 15.9 Å². The highest BCUT2D eigenvalue weighted by Gasteiger charge is 2.24. The number of alkyl halides is 1. The lowest BCUT2D eigenvalue weighted by molar-refractivity contribution is -0.384. The SMILES string of the molecule is N#CN(c1ccccc1[N+](=O)[O-])C(Br)c1ccccc1. The van der Waals surface area contributed by atoms with Crippen molar-refractivity contribution in [3.05, 3.63) is 70.3 Å². The third-order valence-corrected chi connectivity index (χ3v) is 3.69. The number of para-hydroxylation sites is 2. The minimum absolute atomic E-state index is 0.102. The van der Waals surface area contributed by atoms with Crippen molar-refractivity contribution in [1.82, 2.24) is 0 Å². The van der Waals surface area contributed by atoms with Crippen molar-refractivity contribution in [3.63, 3.8) is 0 Å². The van der Waals surface area contributed by atoms with Crippen LogP contribution in [0, 0.1) is 21.6 Å². The van der Waals surface area contributed by atoms with Crippen LogP contribution in [0.5, 0.6) is 0 Å². The molecule has 0 aliphatic rings. The van der Waals surface area contributed by atoms with Gasteiger partial charge >= 0.3 is 0 Å². The lowest BCUT2D eigenvalue weighted by Crippen LogP contribution is -2.19. The van der Waals surface area contributed by atoms with Crippen molar-refractivity contribution in [2.45, 2.75) is 4.95 Å². The number of nitro benzene ring substituents is 1. The van der Waals surface area contributed by atoms with Gasteiger partial charge in [-0.3, -0.25) is 15.0 Å². The van der Waals surface area contributed by atoms with E-state index in [0.29, 0.717) is 0 Å².